The van der Waals surface area contributed by atoms with Gasteiger partial charge in [-0.3, -0.25) is 0 Å². The molecule has 0 aliphatic rings. The topological polar surface area (TPSA) is 26.0 Å². The SMILES string of the molecule is C=C(CC)CC(N)c1c(C)cccc1C. The normalized spacial score (nSPS) is 12.5. The van der Waals surface area contributed by atoms with Crippen LogP contribution in [0.5, 0.6) is 0 Å². The zero-order valence-corrected chi connectivity index (χ0v) is 10.0. The van der Waals surface area contributed by atoms with Crippen LogP contribution in [0.2, 0.25) is 0 Å². The van der Waals surface area contributed by atoms with Gasteiger partial charge in [0.1, 0.15) is 0 Å². The van der Waals surface area contributed by atoms with Crippen molar-refractivity contribution in [1.29, 1.82) is 0 Å². The maximum absolute atomic E-state index is 6.21. The van der Waals surface area contributed by atoms with Gasteiger partial charge in [0.05, 0.1) is 0 Å². The van der Waals surface area contributed by atoms with Crippen molar-refractivity contribution >= 4 is 0 Å². The molecule has 1 rings (SSSR count). The van der Waals surface area contributed by atoms with E-state index in [0.717, 1.165) is 12.8 Å². The summed E-state index contributed by atoms with van der Waals surface area (Å²) in [5, 5.41) is 0. The van der Waals surface area contributed by atoms with E-state index in [1.165, 1.54) is 22.3 Å². The van der Waals surface area contributed by atoms with Gasteiger partial charge in [0.25, 0.3) is 0 Å². The number of rotatable bonds is 4. The van der Waals surface area contributed by atoms with E-state index < -0.39 is 0 Å². The smallest absolute Gasteiger partial charge is 0.0337 e. The van der Waals surface area contributed by atoms with Gasteiger partial charge in [0, 0.05) is 6.04 Å². The third-order valence-corrected chi connectivity index (χ3v) is 2.92. The molecule has 2 N–H and O–H groups in total. The van der Waals surface area contributed by atoms with Crippen LogP contribution in [0.4, 0.5) is 0 Å². The fraction of sp³-hybridized carbons (Fsp3) is 0.429. The molecule has 0 aliphatic carbocycles. The van der Waals surface area contributed by atoms with Gasteiger partial charge in [-0.2, -0.15) is 0 Å². The van der Waals surface area contributed by atoms with E-state index in [9.17, 15) is 0 Å². The van der Waals surface area contributed by atoms with Crippen molar-refractivity contribution in [2.24, 2.45) is 5.73 Å². The number of hydrogen-bond acceptors (Lipinski definition) is 1. The van der Waals surface area contributed by atoms with Crippen LogP contribution in [0, 0.1) is 13.8 Å². The Balaban J connectivity index is 2.90. The first-order valence-electron chi connectivity index (χ1n) is 5.54. The fourth-order valence-electron chi connectivity index (χ4n) is 1.97. The van der Waals surface area contributed by atoms with Crippen molar-refractivity contribution in [1.82, 2.24) is 0 Å². The van der Waals surface area contributed by atoms with E-state index in [4.69, 9.17) is 5.73 Å². The zero-order valence-electron chi connectivity index (χ0n) is 10.0. The molecule has 0 saturated heterocycles. The highest BCUT2D eigenvalue weighted by atomic mass is 14.6. The molecule has 0 spiro atoms. The van der Waals surface area contributed by atoms with E-state index in [1.807, 2.05) is 0 Å². The summed E-state index contributed by atoms with van der Waals surface area (Å²) in [6.07, 6.45) is 1.90. The average Bonchev–Trinajstić information content (AvgIpc) is 2.17. The summed E-state index contributed by atoms with van der Waals surface area (Å²) in [5.41, 5.74) is 11.3. The van der Waals surface area contributed by atoms with Gasteiger partial charge in [0.15, 0.2) is 0 Å². The molecule has 0 amide bonds. The quantitative estimate of drug-likeness (QED) is 0.742. The third kappa shape index (κ3) is 2.93. The van der Waals surface area contributed by atoms with Crippen LogP contribution < -0.4 is 5.73 Å². The summed E-state index contributed by atoms with van der Waals surface area (Å²) < 4.78 is 0. The van der Waals surface area contributed by atoms with Crippen LogP contribution in [-0.4, -0.2) is 0 Å². The van der Waals surface area contributed by atoms with Crippen LogP contribution in [0.15, 0.2) is 30.4 Å². The van der Waals surface area contributed by atoms with Gasteiger partial charge in [-0.25, -0.2) is 0 Å². The third-order valence-electron chi connectivity index (χ3n) is 2.92. The first-order chi connectivity index (χ1) is 7.06. The van der Waals surface area contributed by atoms with Crippen molar-refractivity contribution in [2.75, 3.05) is 0 Å². The monoisotopic (exact) mass is 203 g/mol. The molecule has 0 aliphatic heterocycles. The van der Waals surface area contributed by atoms with Crippen molar-refractivity contribution in [2.45, 2.75) is 39.7 Å². The predicted octanol–water partition coefficient (Wildman–Crippen LogP) is 3.66. The molecule has 82 valence electrons. The molecule has 0 heterocycles. The maximum atomic E-state index is 6.21. The van der Waals surface area contributed by atoms with Gasteiger partial charge in [-0.05, 0) is 43.4 Å². The molecule has 1 nitrogen and oxygen atoms in total. The zero-order chi connectivity index (χ0) is 11.4. The molecular weight excluding hydrogens is 182 g/mol. The van der Waals surface area contributed by atoms with Gasteiger partial charge in [-0.15, -0.1) is 0 Å². The summed E-state index contributed by atoms with van der Waals surface area (Å²) in [6, 6.07) is 6.42. The fourth-order valence-corrected chi connectivity index (χ4v) is 1.97. The van der Waals surface area contributed by atoms with Crippen LogP contribution in [0.25, 0.3) is 0 Å². The van der Waals surface area contributed by atoms with Gasteiger partial charge >= 0.3 is 0 Å². The lowest BCUT2D eigenvalue weighted by atomic mass is 9.92. The molecule has 0 fully saturated rings. The Morgan fingerprint density at radius 1 is 1.33 bits per heavy atom. The highest BCUT2D eigenvalue weighted by molar-refractivity contribution is 5.36. The van der Waals surface area contributed by atoms with Crippen LogP contribution in [0.1, 0.15) is 42.5 Å². The molecule has 1 aromatic rings. The summed E-state index contributed by atoms with van der Waals surface area (Å²) in [6.45, 7) is 10.4. The molecule has 0 saturated carbocycles. The van der Waals surface area contributed by atoms with E-state index in [-0.39, 0.29) is 6.04 Å². The van der Waals surface area contributed by atoms with Crippen LogP contribution in [-0.2, 0) is 0 Å². The molecule has 0 radical (unpaired) electrons. The van der Waals surface area contributed by atoms with E-state index in [1.54, 1.807) is 0 Å². The summed E-state index contributed by atoms with van der Waals surface area (Å²) in [4.78, 5) is 0. The maximum Gasteiger partial charge on any atom is 0.0337 e. The Bertz CT molecular complexity index is 332. The number of aryl methyl sites for hydroxylation is 2. The van der Waals surface area contributed by atoms with Crippen LogP contribution in [0.3, 0.4) is 0 Å². The predicted molar refractivity (Wildman–Crippen MR) is 66.9 cm³/mol. The minimum Gasteiger partial charge on any atom is -0.324 e. The summed E-state index contributed by atoms with van der Waals surface area (Å²) in [5.74, 6) is 0. The second-order valence-corrected chi connectivity index (χ2v) is 4.22. The number of benzene rings is 1. The van der Waals surface area contributed by atoms with Gasteiger partial charge in [-0.1, -0.05) is 37.3 Å². The standard InChI is InChI=1S/C14H21N/c1-5-10(2)9-13(15)14-11(3)7-6-8-12(14)4/h6-8,13H,2,5,9,15H2,1,3-4H3. The van der Waals surface area contributed by atoms with Gasteiger partial charge in [0.2, 0.25) is 0 Å². The number of hydrogen-bond donors (Lipinski definition) is 1. The Kier molecular flexibility index (Phi) is 4.10. The molecule has 1 heteroatoms. The van der Waals surface area contributed by atoms with Crippen molar-refractivity contribution < 1.29 is 0 Å². The lowest BCUT2D eigenvalue weighted by Crippen LogP contribution is -2.13. The second kappa shape index (κ2) is 5.13. The minimum atomic E-state index is 0.0960. The second-order valence-electron chi connectivity index (χ2n) is 4.22. The summed E-state index contributed by atoms with van der Waals surface area (Å²) >= 11 is 0. The number of nitrogens with two attached hydrogens (primary N) is 1. The van der Waals surface area contributed by atoms with Gasteiger partial charge < -0.3 is 5.73 Å². The van der Waals surface area contributed by atoms with Crippen molar-refractivity contribution in [3.63, 3.8) is 0 Å². The Hall–Kier alpha value is -1.08. The highest BCUT2D eigenvalue weighted by Gasteiger charge is 2.11. The molecular formula is C14H21N. The van der Waals surface area contributed by atoms with Crippen molar-refractivity contribution in [3.05, 3.63) is 47.0 Å². The Morgan fingerprint density at radius 2 is 1.87 bits per heavy atom. The van der Waals surface area contributed by atoms with Crippen molar-refractivity contribution in [3.8, 4) is 0 Å². The molecule has 1 unspecified atom stereocenters. The average molecular weight is 203 g/mol. The minimum absolute atomic E-state index is 0.0960. The molecule has 0 aromatic heterocycles. The lowest BCUT2D eigenvalue weighted by Gasteiger charge is -2.18. The lowest BCUT2D eigenvalue weighted by molar-refractivity contribution is 0.692. The molecule has 1 atom stereocenters. The molecule has 1 aromatic carbocycles. The Morgan fingerprint density at radius 3 is 2.33 bits per heavy atom. The van der Waals surface area contributed by atoms with E-state index >= 15 is 0 Å². The first-order valence-corrected chi connectivity index (χ1v) is 5.54. The first kappa shape index (κ1) is 12.0. The molecule has 0 bridgehead atoms. The Labute approximate surface area is 93.0 Å². The van der Waals surface area contributed by atoms with Crippen LogP contribution >= 0.6 is 0 Å². The van der Waals surface area contributed by atoms with E-state index in [0.29, 0.717) is 0 Å². The highest BCUT2D eigenvalue weighted by Crippen LogP contribution is 2.25. The largest absolute Gasteiger partial charge is 0.324 e. The van der Waals surface area contributed by atoms with E-state index in [2.05, 4.69) is 45.5 Å². The summed E-state index contributed by atoms with van der Waals surface area (Å²) in [7, 11) is 0. The molecule has 15 heavy (non-hydrogen) atoms.